The van der Waals surface area contributed by atoms with Gasteiger partial charge in [0.1, 0.15) is 11.5 Å². The Kier molecular flexibility index (Phi) is 5.55. The zero-order valence-electron chi connectivity index (χ0n) is 15.3. The third-order valence-electron chi connectivity index (χ3n) is 4.44. The molecule has 1 N–H and O–H groups in total. The molecule has 0 aromatic heterocycles. The number of piperidine rings is 1. The Balaban J connectivity index is 1.82. The number of carbonyl (C=O) groups excluding carboxylic acids is 1. The van der Waals surface area contributed by atoms with Crippen molar-refractivity contribution in [3.05, 3.63) is 42.5 Å². The van der Waals surface area contributed by atoms with Gasteiger partial charge in [-0.3, -0.25) is 9.52 Å². The zero-order chi connectivity index (χ0) is 19.4. The molecule has 1 aliphatic rings. The Morgan fingerprint density at radius 2 is 1.74 bits per heavy atom. The molecule has 1 aliphatic heterocycles. The van der Waals surface area contributed by atoms with E-state index in [9.17, 15) is 13.2 Å². The summed E-state index contributed by atoms with van der Waals surface area (Å²) < 4.78 is 38.3. The van der Waals surface area contributed by atoms with Crippen molar-refractivity contribution in [2.45, 2.75) is 24.2 Å². The summed E-state index contributed by atoms with van der Waals surface area (Å²) in [6, 6.07) is 11.1. The lowest BCUT2D eigenvalue weighted by Crippen LogP contribution is -2.35. The third-order valence-corrected chi connectivity index (χ3v) is 5.82. The smallest absolute Gasteiger partial charge is 0.262 e. The van der Waals surface area contributed by atoms with Crippen molar-refractivity contribution in [1.82, 2.24) is 0 Å². The van der Waals surface area contributed by atoms with E-state index in [-0.39, 0.29) is 10.8 Å². The number of nitrogens with one attached hydrogen (secondary N) is 1. The lowest BCUT2D eigenvalue weighted by atomic mass is 10.1. The number of hydrogen-bond acceptors (Lipinski definition) is 5. The van der Waals surface area contributed by atoms with Crippen molar-refractivity contribution >= 4 is 27.3 Å². The molecule has 1 fully saturated rings. The number of carbonyl (C=O) groups is 1. The van der Waals surface area contributed by atoms with E-state index in [1.807, 2.05) is 0 Å². The summed E-state index contributed by atoms with van der Waals surface area (Å²) >= 11 is 0. The molecule has 1 saturated heterocycles. The molecule has 2 aromatic rings. The van der Waals surface area contributed by atoms with Crippen LogP contribution >= 0.6 is 0 Å². The molecule has 2 aromatic carbocycles. The maximum Gasteiger partial charge on any atom is 0.262 e. The van der Waals surface area contributed by atoms with Gasteiger partial charge < -0.3 is 14.4 Å². The van der Waals surface area contributed by atoms with Crippen LogP contribution in [0.25, 0.3) is 0 Å². The predicted octanol–water partition coefficient (Wildman–Crippen LogP) is 3.02. The predicted molar refractivity (Wildman–Crippen MR) is 103 cm³/mol. The Hall–Kier alpha value is -2.74. The summed E-state index contributed by atoms with van der Waals surface area (Å²) in [7, 11) is -0.824. The van der Waals surface area contributed by atoms with Gasteiger partial charge in [-0.25, -0.2) is 8.42 Å². The monoisotopic (exact) mass is 390 g/mol. The van der Waals surface area contributed by atoms with Crippen LogP contribution in [-0.4, -0.2) is 35.1 Å². The van der Waals surface area contributed by atoms with Crippen LogP contribution in [0.3, 0.4) is 0 Å². The summed E-state index contributed by atoms with van der Waals surface area (Å²) in [6.45, 7) is 0.659. The largest absolute Gasteiger partial charge is 0.497 e. The highest BCUT2D eigenvalue weighted by Crippen LogP contribution is 2.31. The van der Waals surface area contributed by atoms with Crippen LogP contribution in [0, 0.1) is 0 Å². The number of sulfonamides is 1. The molecule has 0 spiro atoms. The lowest BCUT2D eigenvalue weighted by Gasteiger charge is -2.26. The summed E-state index contributed by atoms with van der Waals surface area (Å²) in [5, 5.41) is 0. The van der Waals surface area contributed by atoms with E-state index in [0.29, 0.717) is 35.8 Å². The van der Waals surface area contributed by atoms with Crippen LogP contribution in [0.2, 0.25) is 0 Å². The van der Waals surface area contributed by atoms with E-state index in [1.165, 1.54) is 26.4 Å². The van der Waals surface area contributed by atoms with Crippen molar-refractivity contribution < 1.29 is 22.7 Å². The van der Waals surface area contributed by atoms with Crippen molar-refractivity contribution in [2.75, 3.05) is 30.4 Å². The van der Waals surface area contributed by atoms with Gasteiger partial charge in [0.25, 0.3) is 10.0 Å². The fourth-order valence-electron chi connectivity index (χ4n) is 2.97. The molecule has 7 nitrogen and oxygen atoms in total. The van der Waals surface area contributed by atoms with Gasteiger partial charge >= 0.3 is 0 Å². The molecule has 0 unspecified atom stereocenters. The van der Waals surface area contributed by atoms with Gasteiger partial charge in [-0.05, 0) is 49.2 Å². The zero-order valence-corrected chi connectivity index (χ0v) is 16.1. The highest BCUT2D eigenvalue weighted by atomic mass is 32.2. The van der Waals surface area contributed by atoms with Gasteiger partial charge in [0.05, 0.1) is 24.8 Å². The molecule has 0 bridgehead atoms. The standard InChI is InChI=1S/C19H22N2O5S/c1-25-15-8-11-17(18(13-15)26-2)20-27(23,24)16-9-6-14(7-10-16)21-12-4-3-5-19(21)22/h6-11,13,20H,3-5,12H2,1-2H3. The second-order valence-corrected chi connectivity index (χ2v) is 7.85. The number of methoxy groups -OCH3 is 2. The lowest BCUT2D eigenvalue weighted by molar-refractivity contribution is -0.119. The first-order chi connectivity index (χ1) is 12.9. The van der Waals surface area contributed by atoms with Gasteiger partial charge in [0.15, 0.2) is 0 Å². The number of benzene rings is 2. The minimum atomic E-state index is -3.80. The Morgan fingerprint density at radius 1 is 1.00 bits per heavy atom. The number of rotatable bonds is 6. The van der Waals surface area contributed by atoms with Crippen LogP contribution < -0.4 is 19.1 Å². The molecular formula is C19H22N2O5S. The minimum Gasteiger partial charge on any atom is -0.497 e. The summed E-state index contributed by atoms with van der Waals surface area (Å²) in [5.41, 5.74) is 1.02. The molecule has 0 aliphatic carbocycles. The molecule has 0 atom stereocenters. The first-order valence-electron chi connectivity index (χ1n) is 8.60. The van der Waals surface area contributed by atoms with Gasteiger partial charge in [0.2, 0.25) is 5.91 Å². The van der Waals surface area contributed by atoms with E-state index in [4.69, 9.17) is 9.47 Å². The molecule has 3 rings (SSSR count). The van der Waals surface area contributed by atoms with E-state index in [0.717, 1.165) is 12.8 Å². The van der Waals surface area contributed by atoms with Gasteiger partial charge in [-0.2, -0.15) is 0 Å². The Bertz CT molecular complexity index is 926. The number of anilines is 2. The first-order valence-corrected chi connectivity index (χ1v) is 10.1. The molecule has 0 saturated carbocycles. The maximum absolute atomic E-state index is 12.7. The molecule has 144 valence electrons. The summed E-state index contributed by atoms with van der Waals surface area (Å²) in [5.74, 6) is 0.983. The first kappa shape index (κ1) is 19.0. The molecule has 0 radical (unpaired) electrons. The fraction of sp³-hybridized carbons (Fsp3) is 0.316. The van der Waals surface area contributed by atoms with Gasteiger partial charge in [0, 0.05) is 24.7 Å². The number of nitrogens with zero attached hydrogens (tertiary/aromatic N) is 1. The SMILES string of the molecule is COc1ccc(NS(=O)(=O)c2ccc(N3CCCCC3=O)cc2)c(OC)c1. The average Bonchev–Trinajstić information content (AvgIpc) is 2.68. The quantitative estimate of drug-likeness (QED) is 0.820. The van der Waals surface area contributed by atoms with Crippen molar-refractivity contribution in [3.8, 4) is 11.5 Å². The number of amides is 1. The third kappa shape index (κ3) is 4.16. The Morgan fingerprint density at radius 3 is 2.37 bits per heavy atom. The number of hydrogen-bond donors (Lipinski definition) is 1. The number of ether oxygens (including phenoxy) is 2. The van der Waals surface area contributed by atoms with Gasteiger partial charge in [-0.15, -0.1) is 0 Å². The fourth-order valence-corrected chi connectivity index (χ4v) is 4.04. The second kappa shape index (κ2) is 7.87. The van der Waals surface area contributed by atoms with Crippen LogP contribution in [0.15, 0.2) is 47.4 Å². The van der Waals surface area contributed by atoms with Crippen molar-refractivity contribution in [2.24, 2.45) is 0 Å². The molecule has 1 amide bonds. The van der Waals surface area contributed by atoms with Crippen LogP contribution in [0.5, 0.6) is 11.5 Å². The highest BCUT2D eigenvalue weighted by Gasteiger charge is 2.21. The van der Waals surface area contributed by atoms with E-state index in [1.54, 1.807) is 35.2 Å². The maximum atomic E-state index is 12.7. The molecular weight excluding hydrogens is 368 g/mol. The summed E-state index contributed by atoms with van der Waals surface area (Å²) in [6.07, 6.45) is 2.37. The normalized spacial score (nSPS) is 14.7. The molecule has 27 heavy (non-hydrogen) atoms. The molecule has 1 heterocycles. The van der Waals surface area contributed by atoms with Crippen LogP contribution in [-0.2, 0) is 14.8 Å². The van der Waals surface area contributed by atoms with Crippen LogP contribution in [0.4, 0.5) is 11.4 Å². The van der Waals surface area contributed by atoms with Gasteiger partial charge in [-0.1, -0.05) is 0 Å². The van der Waals surface area contributed by atoms with E-state index < -0.39 is 10.0 Å². The summed E-state index contributed by atoms with van der Waals surface area (Å²) in [4.78, 5) is 13.8. The van der Waals surface area contributed by atoms with Crippen molar-refractivity contribution in [3.63, 3.8) is 0 Å². The van der Waals surface area contributed by atoms with Crippen LogP contribution in [0.1, 0.15) is 19.3 Å². The highest BCUT2D eigenvalue weighted by molar-refractivity contribution is 7.92. The van der Waals surface area contributed by atoms with Crippen molar-refractivity contribution in [1.29, 1.82) is 0 Å². The Labute approximate surface area is 158 Å². The van der Waals surface area contributed by atoms with E-state index in [2.05, 4.69) is 4.72 Å². The molecule has 8 heteroatoms. The minimum absolute atomic E-state index is 0.0675. The second-order valence-electron chi connectivity index (χ2n) is 6.17. The van der Waals surface area contributed by atoms with E-state index >= 15 is 0 Å². The average molecular weight is 390 g/mol. The topological polar surface area (TPSA) is 84.9 Å².